The summed E-state index contributed by atoms with van der Waals surface area (Å²) in [5, 5.41) is 13.4. The van der Waals surface area contributed by atoms with E-state index in [1.807, 2.05) is 12.1 Å². The van der Waals surface area contributed by atoms with Crippen molar-refractivity contribution < 1.29 is 9.53 Å². The summed E-state index contributed by atoms with van der Waals surface area (Å²) in [4.78, 5) is 12.2. The molecule has 0 aliphatic carbocycles. The highest BCUT2D eigenvalue weighted by Gasteiger charge is 2.12. The average Bonchev–Trinajstić information content (AvgIpc) is 3.02. The van der Waals surface area contributed by atoms with Crippen LogP contribution in [0.4, 0.5) is 0 Å². The number of halogens is 1. The maximum absolute atomic E-state index is 11.5. The van der Waals surface area contributed by atoms with E-state index < -0.39 is 0 Å². The quantitative estimate of drug-likeness (QED) is 0.691. The molecule has 2 aromatic heterocycles. The molecule has 0 saturated heterocycles. The summed E-state index contributed by atoms with van der Waals surface area (Å²) in [6.45, 7) is 2.14. The molecule has 3 rings (SSSR count). The van der Waals surface area contributed by atoms with Crippen LogP contribution in [-0.4, -0.2) is 32.4 Å². The number of benzene rings is 1. The van der Waals surface area contributed by atoms with E-state index in [0.717, 1.165) is 21.1 Å². The number of carbonyl (C=O) groups is 1. The Hall–Kier alpha value is -1.99. The molecule has 0 radical (unpaired) electrons. The zero-order valence-electron chi connectivity index (χ0n) is 11.1. The number of nitrogens with zero attached hydrogens (tertiary/aromatic N) is 4. The lowest BCUT2D eigenvalue weighted by molar-refractivity contribution is -0.142. The van der Waals surface area contributed by atoms with Gasteiger partial charge in [-0.25, -0.2) is 0 Å². The van der Waals surface area contributed by atoms with Crippen LogP contribution in [0.3, 0.4) is 0 Å². The molecule has 3 aromatic rings. The third kappa shape index (κ3) is 2.88. The van der Waals surface area contributed by atoms with Gasteiger partial charge in [-0.3, -0.25) is 4.79 Å². The van der Waals surface area contributed by atoms with Gasteiger partial charge in [-0.2, -0.15) is 9.61 Å². The van der Waals surface area contributed by atoms with Crippen molar-refractivity contribution in [3.8, 4) is 10.6 Å². The molecule has 2 heterocycles. The summed E-state index contributed by atoms with van der Waals surface area (Å²) in [5.74, 6) is -0.286. The first-order valence-corrected chi connectivity index (χ1v) is 7.48. The van der Waals surface area contributed by atoms with E-state index in [0.29, 0.717) is 11.6 Å². The van der Waals surface area contributed by atoms with Crippen molar-refractivity contribution in [2.24, 2.45) is 0 Å². The second-order valence-electron chi connectivity index (χ2n) is 4.25. The Morgan fingerprint density at radius 1 is 1.48 bits per heavy atom. The van der Waals surface area contributed by atoms with Crippen LogP contribution in [0, 0.1) is 0 Å². The van der Waals surface area contributed by atoms with Crippen LogP contribution in [0.15, 0.2) is 24.5 Å². The number of esters is 1. The van der Waals surface area contributed by atoms with Crippen molar-refractivity contribution in [1.82, 2.24) is 19.8 Å². The number of hydrogen-bond acceptors (Lipinski definition) is 6. The molecule has 1 aromatic carbocycles. The van der Waals surface area contributed by atoms with Gasteiger partial charge < -0.3 is 4.74 Å². The molecule has 8 heteroatoms. The first kappa shape index (κ1) is 14.0. The predicted octanol–water partition coefficient (Wildman–Crippen LogP) is 2.61. The number of carbonyl (C=O) groups excluding carboxylic acids is 1. The Kier molecular flexibility index (Phi) is 3.85. The van der Waals surface area contributed by atoms with Crippen LogP contribution in [0.25, 0.3) is 15.5 Å². The average molecular weight is 323 g/mol. The van der Waals surface area contributed by atoms with E-state index in [4.69, 9.17) is 16.3 Å². The van der Waals surface area contributed by atoms with E-state index in [2.05, 4.69) is 15.3 Å². The molecule has 0 spiro atoms. The largest absolute Gasteiger partial charge is 0.466 e. The number of ether oxygens (including phenoxy) is 1. The number of fused-ring (bicyclic) bond motifs is 1. The summed E-state index contributed by atoms with van der Waals surface area (Å²) in [6, 6.07) is 5.49. The van der Waals surface area contributed by atoms with Gasteiger partial charge in [0.15, 0.2) is 0 Å². The van der Waals surface area contributed by atoms with Crippen molar-refractivity contribution >= 4 is 33.9 Å². The highest BCUT2D eigenvalue weighted by Crippen LogP contribution is 2.29. The molecule has 0 N–H and O–H groups in total. The summed E-state index contributed by atoms with van der Waals surface area (Å²) in [5.41, 5.74) is 1.62. The number of rotatable bonds is 4. The van der Waals surface area contributed by atoms with Gasteiger partial charge in [-0.05, 0) is 18.6 Å². The summed E-state index contributed by atoms with van der Waals surface area (Å²) < 4.78 is 6.53. The monoisotopic (exact) mass is 322 g/mol. The van der Waals surface area contributed by atoms with Crippen LogP contribution >= 0.6 is 22.9 Å². The van der Waals surface area contributed by atoms with Crippen molar-refractivity contribution in [2.75, 3.05) is 6.61 Å². The van der Waals surface area contributed by atoms with Crippen molar-refractivity contribution in [3.05, 3.63) is 35.1 Å². The lowest BCUT2D eigenvalue weighted by Gasteiger charge is -2.05. The molecule has 0 amide bonds. The smallest absolute Gasteiger partial charge is 0.310 e. The minimum Gasteiger partial charge on any atom is -0.466 e. The maximum atomic E-state index is 11.5. The predicted molar refractivity (Wildman–Crippen MR) is 79.4 cm³/mol. The lowest BCUT2D eigenvalue weighted by atomic mass is 10.1. The molecule has 6 nitrogen and oxygen atoms in total. The summed E-state index contributed by atoms with van der Waals surface area (Å²) in [7, 11) is 0. The third-order valence-corrected chi connectivity index (χ3v) is 4.14. The molecular weight excluding hydrogens is 312 g/mol. The summed E-state index contributed by atoms with van der Waals surface area (Å²) in [6.07, 6.45) is 1.71. The van der Waals surface area contributed by atoms with E-state index in [-0.39, 0.29) is 12.4 Å². The second-order valence-corrected chi connectivity index (χ2v) is 5.62. The molecule has 0 bridgehead atoms. The van der Waals surface area contributed by atoms with E-state index in [1.54, 1.807) is 23.8 Å². The van der Waals surface area contributed by atoms with Crippen LogP contribution in [0.2, 0.25) is 5.02 Å². The van der Waals surface area contributed by atoms with Crippen molar-refractivity contribution in [1.29, 1.82) is 0 Å². The van der Waals surface area contributed by atoms with Crippen LogP contribution in [-0.2, 0) is 16.0 Å². The van der Waals surface area contributed by atoms with Gasteiger partial charge >= 0.3 is 5.97 Å². The molecule has 21 heavy (non-hydrogen) atoms. The normalized spacial score (nSPS) is 11.0. The van der Waals surface area contributed by atoms with E-state index in [1.165, 1.54) is 11.3 Å². The Bertz CT molecular complexity index is 770. The highest BCUT2D eigenvalue weighted by molar-refractivity contribution is 7.19. The molecule has 108 valence electrons. The molecule has 0 aliphatic heterocycles. The Labute approximate surface area is 129 Å². The number of aromatic nitrogens is 4. The fourth-order valence-electron chi connectivity index (χ4n) is 1.87. The van der Waals surface area contributed by atoms with Crippen molar-refractivity contribution in [3.63, 3.8) is 0 Å². The topological polar surface area (TPSA) is 69.4 Å². The van der Waals surface area contributed by atoms with Gasteiger partial charge in [0.1, 0.15) is 11.3 Å². The standard InChI is InChI=1S/C13H11ClN4O2S/c1-2-20-11(19)6-8-3-4-9(5-10(8)14)12-17-18-7-15-16-13(18)21-12/h3-5,7H,2,6H2,1H3. The molecule has 0 atom stereocenters. The zero-order chi connectivity index (χ0) is 14.8. The Balaban J connectivity index is 1.86. The van der Waals surface area contributed by atoms with Gasteiger partial charge in [0.25, 0.3) is 0 Å². The van der Waals surface area contributed by atoms with Gasteiger partial charge in [0, 0.05) is 10.6 Å². The van der Waals surface area contributed by atoms with E-state index in [9.17, 15) is 4.79 Å². The van der Waals surface area contributed by atoms with Crippen LogP contribution in [0.5, 0.6) is 0 Å². The van der Waals surface area contributed by atoms with Gasteiger partial charge in [-0.15, -0.1) is 10.2 Å². The van der Waals surface area contributed by atoms with Gasteiger partial charge in [0.2, 0.25) is 4.96 Å². The SMILES string of the molecule is CCOC(=O)Cc1ccc(-c2nn3cnnc3s2)cc1Cl. The van der Waals surface area contributed by atoms with Crippen molar-refractivity contribution in [2.45, 2.75) is 13.3 Å². The molecule has 0 unspecified atom stereocenters. The minimum absolute atomic E-state index is 0.165. The van der Waals surface area contributed by atoms with Gasteiger partial charge in [-0.1, -0.05) is 35.1 Å². The lowest BCUT2D eigenvalue weighted by Crippen LogP contribution is -2.07. The molecular formula is C13H11ClN4O2S. The third-order valence-electron chi connectivity index (χ3n) is 2.83. The Morgan fingerprint density at radius 2 is 2.33 bits per heavy atom. The zero-order valence-corrected chi connectivity index (χ0v) is 12.7. The fraction of sp³-hybridized carbons (Fsp3) is 0.231. The highest BCUT2D eigenvalue weighted by atomic mass is 35.5. The molecule has 0 saturated carbocycles. The molecule has 0 aliphatic rings. The maximum Gasteiger partial charge on any atom is 0.310 e. The minimum atomic E-state index is -0.286. The number of hydrogen-bond donors (Lipinski definition) is 0. The van der Waals surface area contributed by atoms with Crippen LogP contribution in [0.1, 0.15) is 12.5 Å². The first-order chi connectivity index (χ1) is 10.2. The molecule has 0 fully saturated rings. The van der Waals surface area contributed by atoms with Gasteiger partial charge in [0.05, 0.1) is 13.0 Å². The first-order valence-electron chi connectivity index (χ1n) is 6.28. The van der Waals surface area contributed by atoms with E-state index >= 15 is 0 Å². The second kappa shape index (κ2) is 5.79. The fourth-order valence-corrected chi connectivity index (χ4v) is 2.93. The van der Waals surface area contributed by atoms with Crippen LogP contribution < -0.4 is 0 Å². The summed E-state index contributed by atoms with van der Waals surface area (Å²) >= 11 is 7.65. The Morgan fingerprint density at radius 3 is 3.05 bits per heavy atom.